The molecule has 1 unspecified atom stereocenters. The summed E-state index contributed by atoms with van der Waals surface area (Å²) < 4.78 is 28.7. The molecular formula is C29H32Cl3N3O4S. The summed E-state index contributed by atoms with van der Waals surface area (Å²) in [6, 6.07) is 16.7. The molecule has 3 aromatic carbocycles. The van der Waals surface area contributed by atoms with Crippen LogP contribution in [0.25, 0.3) is 0 Å². The zero-order valence-corrected chi connectivity index (χ0v) is 25.6. The van der Waals surface area contributed by atoms with Crippen molar-refractivity contribution in [2.24, 2.45) is 0 Å². The van der Waals surface area contributed by atoms with Gasteiger partial charge in [-0.2, -0.15) is 0 Å². The number of hydrogen-bond acceptors (Lipinski definition) is 4. The van der Waals surface area contributed by atoms with Gasteiger partial charge in [0.2, 0.25) is 11.8 Å². The SMILES string of the molecule is CCCNC(=O)C(CC)N(Cc1c(Cl)cccc1Cl)C(=O)CN(c1ccc(C)c(Cl)c1)S(=O)(=O)c1ccccc1. The van der Waals surface area contributed by atoms with E-state index in [2.05, 4.69) is 5.32 Å². The number of benzene rings is 3. The number of aryl methyl sites for hydroxylation is 1. The molecule has 214 valence electrons. The van der Waals surface area contributed by atoms with Crippen molar-refractivity contribution >= 4 is 62.3 Å². The van der Waals surface area contributed by atoms with Crippen LogP contribution in [0.5, 0.6) is 0 Å². The molecule has 0 aliphatic rings. The van der Waals surface area contributed by atoms with Crippen molar-refractivity contribution in [3.8, 4) is 0 Å². The van der Waals surface area contributed by atoms with E-state index < -0.39 is 28.5 Å². The van der Waals surface area contributed by atoms with E-state index in [0.717, 1.165) is 9.87 Å². The van der Waals surface area contributed by atoms with E-state index in [0.29, 0.717) is 33.6 Å². The van der Waals surface area contributed by atoms with Gasteiger partial charge in [0.1, 0.15) is 12.6 Å². The van der Waals surface area contributed by atoms with Gasteiger partial charge in [-0.05, 0) is 61.7 Å². The van der Waals surface area contributed by atoms with E-state index in [1.54, 1.807) is 62.4 Å². The number of carbonyl (C=O) groups is 2. The van der Waals surface area contributed by atoms with Gasteiger partial charge in [0.15, 0.2) is 0 Å². The highest BCUT2D eigenvalue weighted by molar-refractivity contribution is 7.92. The number of hydrogen-bond donors (Lipinski definition) is 1. The number of nitrogens with zero attached hydrogens (tertiary/aromatic N) is 2. The van der Waals surface area contributed by atoms with Crippen molar-refractivity contribution in [1.82, 2.24) is 10.2 Å². The van der Waals surface area contributed by atoms with E-state index in [1.807, 2.05) is 6.92 Å². The van der Waals surface area contributed by atoms with Crippen LogP contribution in [0.4, 0.5) is 5.69 Å². The molecule has 3 aromatic rings. The van der Waals surface area contributed by atoms with E-state index in [4.69, 9.17) is 34.8 Å². The summed E-state index contributed by atoms with van der Waals surface area (Å²) in [7, 11) is -4.19. The molecule has 0 aromatic heterocycles. The van der Waals surface area contributed by atoms with Gasteiger partial charge < -0.3 is 10.2 Å². The van der Waals surface area contributed by atoms with Gasteiger partial charge >= 0.3 is 0 Å². The molecule has 1 atom stereocenters. The summed E-state index contributed by atoms with van der Waals surface area (Å²) in [4.78, 5) is 28.6. The summed E-state index contributed by atoms with van der Waals surface area (Å²) in [5.74, 6) is -0.956. The number of amides is 2. The van der Waals surface area contributed by atoms with E-state index >= 15 is 0 Å². The predicted octanol–water partition coefficient (Wildman–Crippen LogP) is 6.48. The van der Waals surface area contributed by atoms with E-state index in [9.17, 15) is 18.0 Å². The first kappa shape index (κ1) is 31.7. The van der Waals surface area contributed by atoms with Crippen molar-refractivity contribution in [1.29, 1.82) is 0 Å². The fourth-order valence-corrected chi connectivity index (χ4v) is 6.24. The lowest BCUT2D eigenvalue weighted by atomic mass is 10.1. The second-order valence-electron chi connectivity index (χ2n) is 9.20. The van der Waals surface area contributed by atoms with Crippen LogP contribution < -0.4 is 9.62 Å². The van der Waals surface area contributed by atoms with Crippen molar-refractivity contribution < 1.29 is 18.0 Å². The molecule has 0 bridgehead atoms. The molecule has 0 spiro atoms. The van der Waals surface area contributed by atoms with Gasteiger partial charge in [0, 0.05) is 33.7 Å². The van der Waals surface area contributed by atoms with Gasteiger partial charge in [-0.1, -0.05) is 79.0 Å². The quantitative estimate of drug-likeness (QED) is 0.250. The number of nitrogens with one attached hydrogen (secondary N) is 1. The van der Waals surface area contributed by atoms with Crippen molar-refractivity contribution in [2.75, 3.05) is 17.4 Å². The zero-order chi connectivity index (χ0) is 29.4. The van der Waals surface area contributed by atoms with Gasteiger partial charge in [0.25, 0.3) is 10.0 Å². The third-order valence-electron chi connectivity index (χ3n) is 6.38. The smallest absolute Gasteiger partial charge is 0.264 e. The van der Waals surface area contributed by atoms with Crippen molar-refractivity contribution in [3.05, 3.63) is 92.9 Å². The predicted molar refractivity (Wildman–Crippen MR) is 162 cm³/mol. The average Bonchev–Trinajstić information content (AvgIpc) is 2.93. The lowest BCUT2D eigenvalue weighted by Gasteiger charge is -2.33. The Kier molecular flexibility index (Phi) is 11.3. The van der Waals surface area contributed by atoms with Crippen LogP contribution in [0.2, 0.25) is 15.1 Å². The summed E-state index contributed by atoms with van der Waals surface area (Å²) in [5.41, 5.74) is 1.42. The second-order valence-corrected chi connectivity index (χ2v) is 12.3. The second kappa shape index (κ2) is 14.2. The van der Waals surface area contributed by atoms with Gasteiger partial charge in [-0.25, -0.2) is 8.42 Å². The maximum Gasteiger partial charge on any atom is 0.264 e. The molecule has 1 N–H and O–H groups in total. The fourth-order valence-electron chi connectivity index (χ4n) is 4.12. The minimum absolute atomic E-state index is 0.00734. The Hall–Kier alpha value is -2.78. The highest BCUT2D eigenvalue weighted by Gasteiger charge is 2.34. The molecule has 0 aliphatic carbocycles. The Bertz CT molecular complexity index is 1430. The van der Waals surface area contributed by atoms with Crippen LogP contribution in [0.3, 0.4) is 0 Å². The van der Waals surface area contributed by atoms with Crippen LogP contribution in [0.15, 0.2) is 71.6 Å². The number of anilines is 1. The third-order valence-corrected chi connectivity index (χ3v) is 9.28. The summed E-state index contributed by atoms with van der Waals surface area (Å²) in [5, 5.41) is 3.84. The van der Waals surface area contributed by atoms with Crippen molar-refractivity contribution in [2.45, 2.75) is 51.1 Å². The molecule has 0 saturated carbocycles. The lowest BCUT2D eigenvalue weighted by molar-refractivity contribution is -0.140. The normalized spacial score (nSPS) is 12.1. The molecule has 7 nitrogen and oxygen atoms in total. The molecule has 40 heavy (non-hydrogen) atoms. The topological polar surface area (TPSA) is 86.8 Å². The largest absolute Gasteiger partial charge is 0.354 e. The zero-order valence-electron chi connectivity index (χ0n) is 22.5. The van der Waals surface area contributed by atoms with Crippen molar-refractivity contribution in [3.63, 3.8) is 0 Å². The molecule has 0 aliphatic heterocycles. The Morgan fingerprint density at radius 3 is 2.12 bits per heavy atom. The number of halogens is 3. The Morgan fingerprint density at radius 2 is 1.55 bits per heavy atom. The molecule has 0 heterocycles. The summed E-state index contributed by atoms with van der Waals surface area (Å²) in [6.45, 7) is 5.25. The number of rotatable bonds is 12. The van der Waals surface area contributed by atoms with Crippen LogP contribution in [0, 0.1) is 6.92 Å². The molecule has 11 heteroatoms. The molecule has 0 fully saturated rings. The molecule has 2 amide bonds. The first-order valence-corrected chi connectivity index (χ1v) is 15.4. The first-order chi connectivity index (χ1) is 19.0. The minimum atomic E-state index is -4.19. The maximum atomic E-state index is 14.1. The number of carbonyl (C=O) groups excluding carboxylic acids is 2. The standard InChI is InChI=1S/C29H32Cl3N3O4S/c1-4-16-33-29(37)27(5-2)34(18-23-24(30)12-9-13-25(23)31)28(36)19-35(21-15-14-20(3)26(32)17-21)40(38,39)22-10-7-6-8-11-22/h6-15,17,27H,4-5,16,18-19H2,1-3H3,(H,33,37). The highest BCUT2D eigenvalue weighted by atomic mass is 35.5. The van der Waals surface area contributed by atoms with E-state index in [1.165, 1.54) is 23.1 Å². The Labute approximate surface area is 251 Å². The minimum Gasteiger partial charge on any atom is -0.354 e. The van der Waals surface area contributed by atoms with E-state index in [-0.39, 0.29) is 29.5 Å². The van der Waals surface area contributed by atoms with Gasteiger partial charge in [-0.3, -0.25) is 13.9 Å². The number of sulfonamides is 1. The first-order valence-electron chi connectivity index (χ1n) is 12.8. The Balaban J connectivity index is 2.10. The van der Waals surface area contributed by atoms with Crippen LogP contribution in [-0.4, -0.2) is 44.3 Å². The van der Waals surface area contributed by atoms with Crippen LogP contribution >= 0.6 is 34.8 Å². The van der Waals surface area contributed by atoms with Crippen LogP contribution in [-0.2, 0) is 26.2 Å². The van der Waals surface area contributed by atoms with Gasteiger partial charge in [0.05, 0.1) is 10.6 Å². The molecule has 0 saturated heterocycles. The van der Waals surface area contributed by atoms with Crippen LogP contribution in [0.1, 0.15) is 37.8 Å². The third kappa shape index (κ3) is 7.49. The lowest BCUT2D eigenvalue weighted by Crippen LogP contribution is -2.52. The monoisotopic (exact) mass is 623 g/mol. The summed E-state index contributed by atoms with van der Waals surface area (Å²) >= 11 is 19.2. The molecular weight excluding hydrogens is 593 g/mol. The maximum absolute atomic E-state index is 14.1. The van der Waals surface area contributed by atoms with Gasteiger partial charge in [-0.15, -0.1) is 0 Å². The highest BCUT2D eigenvalue weighted by Crippen LogP contribution is 2.30. The fraction of sp³-hybridized carbons (Fsp3) is 0.310. The molecule has 0 radical (unpaired) electrons. The molecule has 3 rings (SSSR count). The Morgan fingerprint density at radius 1 is 0.900 bits per heavy atom. The average molecular weight is 625 g/mol. The summed E-state index contributed by atoms with van der Waals surface area (Å²) in [6.07, 6.45) is 0.995.